The Balaban J connectivity index is 1.62. The predicted octanol–water partition coefficient (Wildman–Crippen LogP) is 1.66. The highest BCUT2D eigenvalue weighted by molar-refractivity contribution is 7.89. The van der Waals surface area contributed by atoms with E-state index in [2.05, 4.69) is 15.4 Å². The van der Waals surface area contributed by atoms with Crippen LogP contribution in [0.25, 0.3) is 11.3 Å². The van der Waals surface area contributed by atoms with E-state index < -0.39 is 10.0 Å². The number of hydrogen-bond donors (Lipinski definition) is 1. The Hall–Kier alpha value is -3.04. The maximum absolute atomic E-state index is 12.3. The van der Waals surface area contributed by atoms with Crippen molar-refractivity contribution in [2.24, 2.45) is 7.05 Å². The third-order valence-electron chi connectivity index (χ3n) is 4.17. The molecule has 0 unspecified atom stereocenters. The van der Waals surface area contributed by atoms with Crippen molar-refractivity contribution in [2.45, 2.75) is 11.4 Å². The van der Waals surface area contributed by atoms with Crippen LogP contribution in [0.1, 0.15) is 15.9 Å². The minimum atomic E-state index is -3.51. The van der Waals surface area contributed by atoms with Crippen LogP contribution in [0.5, 0.6) is 0 Å². The van der Waals surface area contributed by atoms with E-state index in [1.165, 1.54) is 38.4 Å². The highest BCUT2D eigenvalue weighted by atomic mass is 32.2. The lowest BCUT2D eigenvalue weighted by Gasteiger charge is -2.11. The van der Waals surface area contributed by atoms with E-state index in [1.807, 2.05) is 25.4 Å². The fourth-order valence-corrected chi connectivity index (χ4v) is 3.43. The van der Waals surface area contributed by atoms with Crippen LogP contribution in [-0.2, 0) is 23.6 Å². The summed E-state index contributed by atoms with van der Waals surface area (Å²) < 4.78 is 27.0. The monoisotopic (exact) mass is 399 g/mol. The topological polar surface area (TPSA) is 97.2 Å². The van der Waals surface area contributed by atoms with Crippen LogP contribution in [-0.4, -0.2) is 47.5 Å². The van der Waals surface area contributed by atoms with Gasteiger partial charge in [0, 0.05) is 51.2 Å². The van der Waals surface area contributed by atoms with Gasteiger partial charge in [-0.05, 0) is 35.9 Å². The summed E-state index contributed by atoms with van der Waals surface area (Å²) in [5, 5.41) is 6.92. The van der Waals surface area contributed by atoms with Gasteiger partial charge in [0.15, 0.2) is 0 Å². The van der Waals surface area contributed by atoms with Gasteiger partial charge in [0.25, 0.3) is 5.91 Å². The van der Waals surface area contributed by atoms with Gasteiger partial charge in [0.1, 0.15) is 0 Å². The average molecular weight is 399 g/mol. The predicted molar refractivity (Wildman–Crippen MR) is 105 cm³/mol. The summed E-state index contributed by atoms with van der Waals surface area (Å²) in [6.45, 7) is 0.316. The number of aryl methyl sites for hydroxylation is 1. The zero-order valence-corrected chi connectivity index (χ0v) is 16.6. The first-order valence-corrected chi connectivity index (χ1v) is 9.96. The third-order valence-corrected chi connectivity index (χ3v) is 6.00. The smallest absolute Gasteiger partial charge is 0.251 e. The number of nitrogens with zero attached hydrogens (tertiary/aromatic N) is 4. The molecule has 2 aromatic heterocycles. The van der Waals surface area contributed by atoms with Gasteiger partial charge in [0.2, 0.25) is 10.0 Å². The molecule has 9 heteroatoms. The zero-order valence-electron chi connectivity index (χ0n) is 15.8. The van der Waals surface area contributed by atoms with Crippen LogP contribution in [0, 0.1) is 0 Å². The van der Waals surface area contributed by atoms with Crippen LogP contribution < -0.4 is 5.32 Å². The Bertz CT molecular complexity index is 1070. The summed E-state index contributed by atoms with van der Waals surface area (Å²) in [6.07, 6.45) is 5.32. The first-order chi connectivity index (χ1) is 13.3. The number of aromatic nitrogens is 3. The van der Waals surface area contributed by atoms with Crippen LogP contribution in [0.4, 0.5) is 0 Å². The fraction of sp³-hybridized carbons (Fsp3) is 0.211. The SMILES string of the molecule is CN(C)S(=O)(=O)c1ccc(C(=O)NCc2ccc(-c3cnn(C)c3)nc2)cc1. The van der Waals surface area contributed by atoms with Gasteiger partial charge in [-0.3, -0.25) is 14.5 Å². The van der Waals surface area contributed by atoms with Gasteiger partial charge in [-0.2, -0.15) is 5.10 Å². The molecule has 0 bridgehead atoms. The molecule has 0 radical (unpaired) electrons. The van der Waals surface area contributed by atoms with E-state index in [-0.39, 0.29) is 10.8 Å². The minimum absolute atomic E-state index is 0.143. The molecular formula is C19H21N5O3S. The van der Waals surface area contributed by atoms with Crippen molar-refractivity contribution >= 4 is 15.9 Å². The second kappa shape index (κ2) is 7.91. The lowest BCUT2D eigenvalue weighted by molar-refractivity contribution is 0.0951. The number of sulfonamides is 1. The van der Waals surface area contributed by atoms with Crippen molar-refractivity contribution in [3.63, 3.8) is 0 Å². The second-order valence-electron chi connectivity index (χ2n) is 6.45. The zero-order chi connectivity index (χ0) is 20.3. The van der Waals surface area contributed by atoms with Crippen LogP contribution in [0.3, 0.4) is 0 Å². The van der Waals surface area contributed by atoms with Crippen molar-refractivity contribution in [1.29, 1.82) is 0 Å². The molecule has 146 valence electrons. The number of benzene rings is 1. The number of hydrogen-bond acceptors (Lipinski definition) is 5. The molecule has 0 saturated carbocycles. The van der Waals surface area contributed by atoms with Crippen LogP contribution in [0.15, 0.2) is 59.9 Å². The Morgan fingerprint density at radius 1 is 1.11 bits per heavy atom. The van der Waals surface area contributed by atoms with Gasteiger partial charge < -0.3 is 5.32 Å². The summed E-state index contributed by atoms with van der Waals surface area (Å²) in [4.78, 5) is 16.8. The standard InChI is InChI=1S/C19H21N5O3S/c1-23(2)28(26,27)17-7-5-15(6-8-17)19(25)21-11-14-4-9-18(20-10-14)16-12-22-24(3)13-16/h4-10,12-13H,11H2,1-3H3,(H,21,25). The number of carbonyl (C=O) groups excluding carboxylic acids is 1. The Kier molecular flexibility index (Phi) is 5.57. The fourth-order valence-electron chi connectivity index (χ4n) is 2.53. The second-order valence-corrected chi connectivity index (χ2v) is 8.60. The van der Waals surface area contributed by atoms with E-state index in [1.54, 1.807) is 17.1 Å². The number of amides is 1. The van der Waals surface area contributed by atoms with E-state index >= 15 is 0 Å². The van der Waals surface area contributed by atoms with Crippen molar-refractivity contribution in [1.82, 2.24) is 24.4 Å². The number of nitrogens with one attached hydrogen (secondary N) is 1. The maximum atomic E-state index is 12.3. The van der Waals surface area contributed by atoms with E-state index in [9.17, 15) is 13.2 Å². The molecule has 0 spiro atoms. The molecule has 3 aromatic rings. The van der Waals surface area contributed by atoms with Gasteiger partial charge >= 0.3 is 0 Å². The Morgan fingerprint density at radius 2 is 1.82 bits per heavy atom. The van der Waals surface area contributed by atoms with E-state index in [0.717, 1.165) is 21.1 Å². The molecular weight excluding hydrogens is 378 g/mol. The van der Waals surface area contributed by atoms with Gasteiger partial charge in [-0.25, -0.2) is 12.7 Å². The lowest BCUT2D eigenvalue weighted by atomic mass is 10.2. The molecule has 0 fully saturated rings. The molecule has 0 aliphatic carbocycles. The summed E-state index contributed by atoms with van der Waals surface area (Å²) in [5.74, 6) is -0.287. The quantitative estimate of drug-likeness (QED) is 0.680. The molecule has 1 amide bonds. The van der Waals surface area contributed by atoms with Crippen molar-refractivity contribution in [3.8, 4) is 11.3 Å². The number of carbonyl (C=O) groups is 1. The van der Waals surface area contributed by atoms with E-state index in [4.69, 9.17) is 0 Å². The van der Waals surface area contributed by atoms with Crippen molar-refractivity contribution in [3.05, 3.63) is 66.1 Å². The molecule has 2 heterocycles. The third kappa shape index (κ3) is 4.26. The summed E-state index contributed by atoms with van der Waals surface area (Å²) in [5.41, 5.74) is 2.97. The number of rotatable bonds is 6. The highest BCUT2D eigenvalue weighted by Gasteiger charge is 2.17. The van der Waals surface area contributed by atoms with E-state index in [0.29, 0.717) is 12.1 Å². The lowest BCUT2D eigenvalue weighted by Crippen LogP contribution is -2.24. The molecule has 8 nitrogen and oxygen atoms in total. The van der Waals surface area contributed by atoms with Crippen LogP contribution in [0.2, 0.25) is 0 Å². The van der Waals surface area contributed by atoms with Gasteiger partial charge in [0.05, 0.1) is 16.8 Å². The maximum Gasteiger partial charge on any atom is 0.251 e. The molecule has 28 heavy (non-hydrogen) atoms. The normalized spacial score (nSPS) is 11.6. The first-order valence-electron chi connectivity index (χ1n) is 8.52. The molecule has 1 N–H and O–H groups in total. The summed E-state index contributed by atoms with van der Waals surface area (Å²) >= 11 is 0. The molecule has 0 aliphatic rings. The molecule has 0 aliphatic heterocycles. The molecule has 0 atom stereocenters. The summed E-state index contributed by atoms with van der Waals surface area (Å²) in [7, 11) is 1.25. The molecule has 0 saturated heterocycles. The van der Waals surface area contributed by atoms with Crippen molar-refractivity contribution in [2.75, 3.05) is 14.1 Å². The molecule has 1 aromatic carbocycles. The Morgan fingerprint density at radius 3 is 2.36 bits per heavy atom. The van der Waals surface area contributed by atoms with Crippen LogP contribution >= 0.6 is 0 Å². The van der Waals surface area contributed by atoms with Crippen molar-refractivity contribution < 1.29 is 13.2 Å². The highest BCUT2D eigenvalue weighted by Crippen LogP contribution is 2.16. The largest absolute Gasteiger partial charge is 0.348 e. The molecule has 3 rings (SSSR count). The number of pyridine rings is 1. The van der Waals surface area contributed by atoms with Gasteiger partial charge in [-0.1, -0.05) is 6.07 Å². The first kappa shape index (κ1) is 19.7. The summed E-state index contributed by atoms with van der Waals surface area (Å²) in [6, 6.07) is 9.61. The minimum Gasteiger partial charge on any atom is -0.348 e. The average Bonchev–Trinajstić information content (AvgIpc) is 3.13. The van der Waals surface area contributed by atoms with Gasteiger partial charge in [-0.15, -0.1) is 0 Å². The Labute approximate surface area is 163 Å².